The van der Waals surface area contributed by atoms with Gasteiger partial charge in [-0.15, -0.1) is 0 Å². The second-order valence-electron chi connectivity index (χ2n) is 9.39. The van der Waals surface area contributed by atoms with E-state index in [9.17, 15) is 4.55 Å². The largest absolute Gasteiger partial charge is 0.609 e. The van der Waals surface area contributed by atoms with Crippen molar-refractivity contribution in [3.63, 3.8) is 0 Å². The van der Waals surface area contributed by atoms with Crippen molar-refractivity contribution in [3.05, 3.63) is 24.0 Å². The molecule has 28 heavy (non-hydrogen) atoms. The zero-order valence-corrected chi connectivity index (χ0v) is 19.9. The van der Waals surface area contributed by atoms with E-state index in [1.165, 1.54) is 0 Å². The zero-order valence-electron chi connectivity index (χ0n) is 18.1. The second-order valence-corrected chi connectivity index (χ2v) is 15.5. The Hall–Kier alpha value is -1.42. The maximum absolute atomic E-state index is 12.0. The van der Waals surface area contributed by atoms with Crippen LogP contribution < -0.4 is 4.90 Å². The van der Waals surface area contributed by atoms with Gasteiger partial charge in [-0.25, -0.2) is 0 Å². The van der Waals surface area contributed by atoms with Crippen LogP contribution in [0, 0.1) is 0 Å². The minimum Gasteiger partial charge on any atom is -0.609 e. The maximum atomic E-state index is 12.0. The molecule has 0 spiro atoms. The van der Waals surface area contributed by atoms with Crippen molar-refractivity contribution < 1.29 is 8.98 Å². The summed E-state index contributed by atoms with van der Waals surface area (Å²) < 4.78 is 20.3. The van der Waals surface area contributed by atoms with Crippen molar-refractivity contribution in [2.75, 3.05) is 24.3 Å². The summed E-state index contributed by atoms with van der Waals surface area (Å²) >= 11 is -1.24. The van der Waals surface area contributed by atoms with Gasteiger partial charge in [-0.05, 0) is 18.1 Å². The van der Waals surface area contributed by atoms with E-state index in [2.05, 4.69) is 60.8 Å². The van der Waals surface area contributed by atoms with Gasteiger partial charge in [-0.3, -0.25) is 4.68 Å². The third kappa shape index (κ3) is 3.85. The van der Waals surface area contributed by atoms with Crippen LogP contribution in [0.1, 0.15) is 33.3 Å². The first-order chi connectivity index (χ1) is 12.8. The molecule has 0 fully saturated rings. The second kappa shape index (κ2) is 7.12. The van der Waals surface area contributed by atoms with Crippen LogP contribution in [0.2, 0.25) is 18.1 Å². The molecule has 9 heteroatoms. The van der Waals surface area contributed by atoms with Crippen molar-refractivity contribution in [1.82, 2.24) is 19.7 Å². The van der Waals surface area contributed by atoms with Gasteiger partial charge in [0.15, 0.2) is 14.1 Å². The van der Waals surface area contributed by atoms with E-state index in [-0.39, 0.29) is 10.5 Å². The molecule has 0 aromatic carbocycles. The van der Waals surface area contributed by atoms with E-state index >= 15 is 0 Å². The number of aromatic nitrogens is 4. The van der Waals surface area contributed by atoms with Crippen molar-refractivity contribution in [2.24, 2.45) is 7.05 Å². The van der Waals surface area contributed by atoms with Crippen LogP contribution in [0.15, 0.2) is 23.6 Å². The van der Waals surface area contributed by atoms with Gasteiger partial charge in [0.25, 0.3) is 0 Å². The van der Waals surface area contributed by atoms with Gasteiger partial charge in [-0.1, -0.05) is 27.7 Å². The Bertz CT molecular complexity index is 864. The lowest BCUT2D eigenvalue weighted by Crippen LogP contribution is -2.45. The quantitative estimate of drug-likeness (QED) is 0.418. The van der Waals surface area contributed by atoms with Crippen LogP contribution in [0.25, 0.3) is 0 Å². The standard InChI is InChI=1S/C19H31N5O2SSi/c1-18(2,3)28(7,8)26-13-19(4)12-24(15-9-10-23(5)22-15)16-14(19)11-20-17(21-16)27(6)25/h9-11H,12-13H2,1-8H3. The highest BCUT2D eigenvalue weighted by atomic mass is 32.2. The summed E-state index contributed by atoms with van der Waals surface area (Å²) in [6.07, 6.45) is 5.33. The molecule has 0 amide bonds. The molecule has 154 valence electrons. The Morgan fingerprint density at radius 2 is 2.04 bits per heavy atom. The normalized spacial score (nSPS) is 21.1. The van der Waals surface area contributed by atoms with Crippen molar-refractivity contribution >= 4 is 31.1 Å². The molecule has 0 saturated heterocycles. The molecule has 1 aliphatic rings. The van der Waals surface area contributed by atoms with Gasteiger partial charge < -0.3 is 13.9 Å². The summed E-state index contributed by atoms with van der Waals surface area (Å²) in [7, 11) is 0.00121. The van der Waals surface area contributed by atoms with Crippen molar-refractivity contribution in [3.8, 4) is 0 Å². The van der Waals surface area contributed by atoms with Gasteiger partial charge in [0.05, 0.1) is 0 Å². The smallest absolute Gasteiger partial charge is 0.344 e. The third-order valence-corrected chi connectivity index (χ3v) is 11.1. The van der Waals surface area contributed by atoms with E-state index in [1.807, 2.05) is 25.5 Å². The first kappa shape index (κ1) is 21.3. The number of hydrogen-bond donors (Lipinski definition) is 0. The van der Waals surface area contributed by atoms with Gasteiger partial charge in [0, 0.05) is 60.8 Å². The minimum atomic E-state index is -1.89. The Morgan fingerprint density at radius 1 is 1.36 bits per heavy atom. The third-order valence-electron chi connectivity index (χ3n) is 5.95. The van der Waals surface area contributed by atoms with Gasteiger partial charge in [-0.2, -0.15) is 15.1 Å². The molecule has 1 aliphatic heterocycles. The van der Waals surface area contributed by atoms with E-state index in [0.29, 0.717) is 18.3 Å². The number of nitrogens with zero attached hydrogens (tertiary/aromatic N) is 5. The van der Waals surface area contributed by atoms with Gasteiger partial charge in [0.1, 0.15) is 12.1 Å². The molecule has 2 aromatic heterocycles. The van der Waals surface area contributed by atoms with Gasteiger partial charge in [0.2, 0.25) is 0 Å². The topological polar surface area (TPSA) is 79.1 Å². The van der Waals surface area contributed by atoms with Crippen LogP contribution in [0.3, 0.4) is 0 Å². The highest BCUT2D eigenvalue weighted by molar-refractivity contribution is 7.90. The predicted molar refractivity (Wildman–Crippen MR) is 115 cm³/mol. The average molecular weight is 422 g/mol. The van der Waals surface area contributed by atoms with Crippen LogP contribution >= 0.6 is 0 Å². The van der Waals surface area contributed by atoms with E-state index in [1.54, 1.807) is 10.9 Å². The summed E-state index contributed by atoms with van der Waals surface area (Å²) in [6.45, 7) is 14.8. The summed E-state index contributed by atoms with van der Waals surface area (Å²) in [6, 6.07) is 1.97. The molecule has 0 radical (unpaired) electrons. The monoisotopic (exact) mass is 421 g/mol. The first-order valence-electron chi connectivity index (χ1n) is 9.46. The number of anilines is 2. The Morgan fingerprint density at radius 3 is 2.57 bits per heavy atom. The van der Waals surface area contributed by atoms with Crippen LogP contribution in [-0.2, 0) is 28.1 Å². The predicted octanol–water partition coefficient (Wildman–Crippen LogP) is 3.38. The molecule has 0 saturated carbocycles. The Labute approximate surface area is 171 Å². The molecule has 3 rings (SSSR count). The van der Waals surface area contributed by atoms with Crippen molar-refractivity contribution in [1.29, 1.82) is 0 Å². The molecule has 2 unspecified atom stereocenters. The first-order valence-corrected chi connectivity index (χ1v) is 13.9. The molecule has 2 aromatic rings. The van der Waals surface area contributed by atoms with Crippen LogP contribution in [0.5, 0.6) is 0 Å². The number of hydrogen-bond acceptors (Lipinski definition) is 6. The zero-order chi connectivity index (χ0) is 20.9. The summed E-state index contributed by atoms with van der Waals surface area (Å²) in [5.41, 5.74) is 0.752. The molecular weight excluding hydrogens is 390 g/mol. The fourth-order valence-corrected chi connectivity index (χ4v) is 4.58. The summed E-state index contributed by atoms with van der Waals surface area (Å²) in [5.74, 6) is 1.60. The number of aryl methyl sites for hydroxylation is 1. The fraction of sp³-hybridized carbons (Fsp3) is 0.632. The average Bonchev–Trinajstić information content (AvgIpc) is 3.14. The van der Waals surface area contributed by atoms with E-state index < -0.39 is 19.5 Å². The van der Waals surface area contributed by atoms with E-state index in [0.717, 1.165) is 17.2 Å². The Kier molecular flexibility index (Phi) is 5.41. The van der Waals surface area contributed by atoms with Crippen LogP contribution in [0.4, 0.5) is 11.6 Å². The number of fused-ring (bicyclic) bond motifs is 1. The molecule has 3 heterocycles. The SMILES string of the molecule is Cn1ccc(N2CC(C)(CO[Si](C)(C)C(C)(C)C)c3cnc([S+](C)[O-])nc32)n1. The molecule has 2 atom stereocenters. The summed E-state index contributed by atoms with van der Waals surface area (Å²) in [5, 5.41) is 5.04. The number of rotatable bonds is 5. The maximum Gasteiger partial charge on any atom is 0.344 e. The van der Waals surface area contributed by atoms with Crippen molar-refractivity contribution in [2.45, 2.75) is 56.4 Å². The molecule has 0 bridgehead atoms. The molecule has 7 nitrogen and oxygen atoms in total. The van der Waals surface area contributed by atoms with E-state index in [4.69, 9.17) is 4.43 Å². The molecule has 0 aliphatic carbocycles. The van der Waals surface area contributed by atoms with Crippen LogP contribution in [-0.4, -0.2) is 52.0 Å². The highest BCUT2D eigenvalue weighted by Crippen LogP contribution is 2.45. The molecule has 0 N–H and O–H groups in total. The Balaban J connectivity index is 1.98. The lowest BCUT2D eigenvalue weighted by molar-refractivity contribution is 0.218. The highest BCUT2D eigenvalue weighted by Gasteiger charge is 2.45. The lowest BCUT2D eigenvalue weighted by Gasteiger charge is -2.39. The minimum absolute atomic E-state index is 0.144. The lowest BCUT2D eigenvalue weighted by atomic mass is 9.87. The van der Waals surface area contributed by atoms with Gasteiger partial charge >= 0.3 is 5.16 Å². The molecular formula is C19H31N5O2SSi. The fourth-order valence-electron chi connectivity index (χ4n) is 3.05. The summed E-state index contributed by atoms with van der Waals surface area (Å²) in [4.78, 5) is 11.1.